The van der Waals surface area contributed by atoms with Crippen molar-refractivity contribution in [2.75, 3.05) is 0 Å². The van der Waals surface area contributed by atoms with Crippen LogP contribution in [0.15, 0.2) is 0 Å². The molecule has 0 spiro atoms. The van der Waals surface area contributed by atoms with E-state index in [2.05, 4.69) is 26.7 Å². The van der Waals surface area contributed by atoms with Gasteiger partial charge in [0, 0.05) is 25.3 Å². The number of Topliss-reactive ketones (excluding diaryl/α,β-unsaturated/α-hetero) is 1. The molecule has 0 bridgehead atoms. The van der Waals surface area contributed by atoms with E-state index in [9.17, 15) is 4.79 Å². The van der Waals surface area contributed by atoms with Crippen LogP contribution in [0.1, 0.15) is 46.5 Å². The first-order valence-electron chi connectivity index (χ1n) is 5.06. The number of carbonyl (C=O) groups is 1. The molecule has 0 aliphatic carbocycles. The van der Waals surface area contributed by atoms with Crippen LogP contribution in [0.5, 0.6) is 0 Å². The molecule has 0 rings (SSSR count). The smallest absolute Gasteiger partial charge is 0.135 e. The highest BCUT2D eigenvalue weighted by Crippen LogP contribution is 2.21. The molecule has 0 aromatic carbocycles. The molecule has 0 heterocycles. The Bertz CT molecular complexity index is 219. The highest BCUT2D eigenvalue weighted by Gasteiger charge is 2.17. The molecule has 0 fully saturated rings. The minimum absolute atomic E-state index is 0.0275. The van der Waals surface area contributed by atoms with Gasteiger partial charge in [-0.3, -0.25) is 4.79 Å². The maximum Gasteiger partial charge on any atom is 0.135 e. The van der Waals surface area contributed by atoms with Gasteiger partial charge >= 0.3 is 0 Å². The lowest BCUT2D eigenvalue weighted by atomic mass is 9.86. The van der Waals surface area contributed by atoms with Crippen LogP contribution in [0, 0.1) is 17.8 Å². The van der Waals surface area contributed by atoms with Gasteiger partial charge in [-0.25, -0.2) is 0 Å². The quantitative estimate of drug-likeness (QED) is 0.683. The van der Waals surface area contributed by atoms with Crippen LogP contribution in [-0.4, -0.2) is 11.8 Å². The molecule has 2 nitrogen and oxygen atoms in total. The summed E-state index contributed by atoms with van der Waals surface area (Å²) in [4.78, 5) is 11.3. The third kappa shape index (κ3) is 7.82. The van der Waals surface area contributed by atoms with Crippen LogP contribution in [0.25, 0.3) is 0 Å². The molecule has 2 heteroatoms. The molecule has 0 aromatic rings. The largest absolute Gasteiger partial charge is 0.327 e. The number of hydrogen-bond donors (Lipinski definition) is 1. The van der Waals surface area contributed by atoms with Gasteiger partial charge in [0.2, 0.25) is 0 Å². The lowest BCUT2D eigenvalue weighted by Gasteiger charge is -2.22. The number of carbonyl (C=O) groups excluding carboxylic acids is 1. The van der Waals surface area contributed by atoms with Crippen molar-refractivity contribution in [3.8, 4) is 12.3 Å². The number of rotatable bonds is 5. The molecule has 0 saturated heterocycles. The molecular formula is C12H21NO. The summed E-state index contributed by atoms with van der Waals surface area (Å²) in [7, 11) is 0. The second-order valence-electron chi connectivity index (χ2n) is 4.97. The first-order chi connectivity index (χ1) is 6.35. The van der Waals surface area contributed by atoms with Crippen molar-refractivity contribution in [3.05, 3.63) is 0 Å². The third-order valence-corrected chi connectivity index (χ3v) is 1.91. The van der Waals surface area contributed by atoms with Gasteiger partial charge in [0.05, 0.1) is 0 Å². The summed E-state index contributed by atoms with van der Waals surface area (Å²) in [5.41, 5.74) is 6.05. The number of hydrogen-bond acceptors (Lipinski definition) is 2. The molecule has 0 amide bonds. The summed E-state index contributed by atoms with van der Waals surface area (Å²) in [6, 6.07) is -0.0275. The molecule has 1 unspecified atom stereocenters. The Morgan fingerprint density at radius 3 is 2.50 bits per heavy atom. The first-order valence-corrected chi connectivity index (χ1v) is 5.06. The van der Waals surface area contributed by atoms with E-state index >= 15 is 0 Å². The Labute approximate surface area is 87.3 Å². The molecule has 0 aliphatic heterocycles. The lowest BCUT2D eigenvalue weighted by Crippen LogP contribution is -2.28. The fourth-order valence-corrected chi connectivity index (χ4v) is 1.46. The van der Waals surface area contributed by atoms with Crippen molar-refractivity contribution >= 4 is 5.78 Å². The molecule has 14 heavy (non-hydrogen) atoms. The van der Waals surface area contributed by atoms with Crippen LogP contribution in [-0.2, 0) is 4.79 Å². The fraction of sp³-hybridized carbons (Fsp3) is 0.750. The Balaban J connectivity index is 3.78. The van der Waals surface area contributed by atoms with Gasteiger partial charge in [-0.2, -0.15) is 0 Å². The van der Waals surface area contributed by atoms with E-state index in [4.69, 9.17) is 12.2 Å². The normalized spacial score (nSPS) is 13.4. The van der Waals surface area contributed by atoms with Crippen LogP contribution < -0.4 is 5.73 Å². The summed E-state index contributed by atoms with van der Waals surface area (Å²) >= 11 is 0. The Morgan fingerprint density at radius 2 is 2.07 bits per heavy atom. The van der Waals surface area contributed by atoms with Gasteiger partial charge in [-0.15, -0.1) is 12.3 Å². The van der Waals surface area contributed by atoms with Crippen LogP contribution >= 0.6 is 0 Å². The van der Waals surface area contributed by atoms with E-state index in [0.717, 1.165) is 6.42 Å². The summed E-state index contributed by atoms with van der Waals surface area (Å²) in [6.07, 6.45) is 7.40. The predicted octanol–water partition coefficient (Wildman–Crippen LogP) is 2.12. The lowest BCUT2D eigenvalue weighted by molar-refractivity contribution is -0.119. The molecule has 0 aliphatic rings. The van der Waals surface area contributed by atoms with Gasteiger partial charge in [0.15, 0.2) is 0 Å². The number of ketones is 1. The molecule has 0 saturated carbocycles. The van der Waals surface area contributed by atoms with Crippen molar-refractivity contribution in [3.63, 3.8) is 0 Å². The molecule has 0 aromatic heterocycles. The second-order valence-corrected chi connectivity index (χ2v) is 4.97. The maximum atomic E-state index is 11.3. The van der Waals surface area contributed by atoms with E-state index in [1.54, 1.807) is 0 Å². The van der Waals surface area contributed by atoms with Crippen LogP contribution in [0.3, 0.4) is 0 Å². The molecule has 1 atom stereocenters. The van der Waals surface area contributed by atoms with Crippen LogP contribution in [0.2, 0.25) is 0 Å². The fourth-order valence-electron chi connectivity index (χ4n) is 1.46. The van der Waals surface area contributed by atoms with Crippen molar-refractivity contribution in [1.29, 1.82) is 0 Å². The Hall–Kier alpha value is -0.810. The van der Waals surface area contributed by atoms with E-state index in [1.165, 1.54) is 0 Å². The Kier molecular flexibility index (Phi) is 5.49. The van der Waals surface area contributed by atoms with Gasteiger partial charge in [0.25, 0.3) is 0 Å². The highest BCUT2D eigenvalue weighted by atomic mass is 16.1. The van der Waals surface area contributed by atoms with Crippen molar-refractivity contribution in [2.24, 2.45) is 11.1 Å². The molecular weight excluding hydrogens is 174 g/mol. The van der Waals surface area contributed by atoms with E-state index in [0.29, 0.717) is 19.3 Å². The van der Waals surface area contributed by atoms with Gasteiger partial charge in [-0.1, -0.05) is 20.8 Å². The van der Waals surface area contributed by atoms with E-state index < -0.39 is 0 Å². The van der Waals surface area contributed by atoms with E-state index in [1.807, 2.05) is 0 Å². The second kappa shape index (κ2) is 5.82. The monoisotopic (exact) mass is 195 g/mol. The predicted molar refractivity (Wildman–Crippen MR) is 59.7 cm³/mol. The first kappa shape index (κ1) is 13.2. The summed E-state index contributed by atoms with van der Waals surface area (Å²) < 4.78 is 0. The van der Waals surface area contributed by atoms with E-state index in [-0.39, 0.29) is 17.2 Å². The van der Waals surface area contributed by atoms with Crippen molar-refractivity contribution < 1.29 is 4.79 Å². The maximum absolute atomic E-state index is 11.3. The summed E-state index contributed by atoms with van der Waals surface area (Å²) in [5.74, 6) is 2.64. The van der Waals surface area contributed by atoms with Crippen molar-refractivity contribution in [2.45, 2.75) is 52.5 Å². The summed E-state index contributed by atoms with van der Waals surface area (Å²) in [5, 5.41) is 0. The van der Waals surface area contributed by atoms with Crippen molar-refractivity contribution in [1.82, 2.24) is 0 Å². The van der Waals surface area contributed by atoms with Gasteiger partial charge in [-0.05, 0) is 11.8 Å². The standard InChI is InChI=1S/C12H21NO/c1-5-6-7-11(14)8-10(13)9-12(2,3)4/h1,10H,6-9,13H2,2-4H3. The minimum atomic E-state index is -0.0275. The average Bonchev–Trinajstić information content (AvgIpc) is 1.96. The van der Waals surface area contributed by atoms with Gasteiger partial charge in [0.1, 0.15) is 5.78 Å². The molecule has 0 radical (unpaired) electrons. The van der Waals surface area contributed by atoms with Crippen LogP contribution in [0.4, 0.5) is 0 Å². The zero-order valence-electron chi connectivity index (χ0n) is 9.47. The zero-order valence-corrected chi connectivity index (χ0v) is 9.47. The third-order valence-electron chi connectivity index (χ3n) is 1.91. The topological polar surface area (TPSA) is 43.1 Å². The zero-order chi connectivity index (χ0) is 11.2. The highest BCUT2D eigenvalue weighted by molar-refractivity contribution is 5.79. The molecule has 80 valence electrons. The number of terminal acetylenes is 1. The Morgan fingerprint density at radius 1 is 1.50 bits per heavy atom. The SMILES string of the molecule is C#CCCC(=O)CC(N)CC(C)(C)C. The number of nitrogens with two attached hydrogens (primary N) is 1. The molecule has 2 N–H and O–H groups in total. The minimum Gasteiger partial charge on any atom is -0.327 e. The average molecular weight is 195 g/mol. The summed E-state index contributed by atoms with van der Waals surface area (Å²) in [6.45, 7) is 6.37. The van der Waals surface area contributed by atoms with Gasteiger partial charge < -0.3 is 5.73 Å².